The van der Waals surface area contributed by atoms with Gasteiger partial charge >= 0.3 is 0 Å². The fourth-order valence-electron chi connectivity index (χ4n) is 1.53. The summed E-state index contributed by atoms with van der Waals surface area (Å²) < 4.78 is 0. The molecular formula is C12H17NO. The van der Waals surface area contributed by atoms with E-state index in [0.717, 1.165) is 6.54 Å². The topological polar surface area (TPSA) is 15.5 Å². The number of nitrogens with zero attached hydrogens (tertiary/aromatic N) is 1. The zero-order chi connectivity index (χ0) is 10.2. The number of benzene rings is 1. The molecule has 0 saturated carbocycles. The van der Waals surface area contributed by atoms with Crippen molar-refractivity contribution in [2.75, 3.05) is 6.54 Å². The number of hydrogen-bond acceptors (Lipinski definition) is 2. The van der Waals surface area contributed by atoms with Crippen molar-refractivity contribution in [2.45, 2.75) is 27.0 Å². The van der Waals surface area contributed by atoms with Crippen LogP contribution in [-0.4, -0.2) is 11.6 Å². The summed E-state index contributed by atoms with van der Waals surface area (Å²) in [5.41, 5.74) is 1.54. The van der Waals surface area contributed by atoms with Gasteiger partial charge in [-0.1, -0.05) is 51.1 Å². The summed E-state index contributed by atoms with van der Waals surface area (Å²) >= 11 is 0. The molecule has 14 heavy (non-hydrogen) atoms. The van der Waals surface area contributed by atoms with Crippen LogP contribution >= 0.6 is 0 Å². The van der Waals surface area contributed by atoms with Gasteiger partial charge < -0.3 is 0 Å². The highest BCUT2D eigenvalue weighted by atomic mass is 16.8. The van der Waals surface area contributed by atoms with Crippen LogP contribution in [0.3, 0.4) is 0 Å². The molecule has 0 N–H and O–H groups in total. The molecule has 1 aromatic rings. The maximum atomic E-state index is 5.51. The maximum Gasteiger partial charge on any atom is 0.179 e. The SMILES string of the molecule is CC(C)(C)CN1OC1c1ccccc1. The molecule has 2 unspecified atom stereocenters. The van der Waals surface area contributed by atoms with E-state index in [-0.39, 0.29) is 6.23 Å². The highest BCUT2D eigenvalue weighted by molar-refractivity contribution is 5.18. The van der Waals surface area contributed by atoms with Crippen molar-refractivity contribution in [3.63, 3.8) is 0 Å². The van der Waals surface area contributed by atoms with Crippen LogP contribution in [0.4, 0.5) is 0 Å². The lowest BCUT2D eigenvalue weighted by molar-refractivity contribution is 0.149. The van der Waals surface area contributed by atoms with Crippen molar-refractivity contribution < 1.29 is 4.84 Å². The Balaban J connectivity index is 1.94. The van der Waals surface area contributed by atoms with Crippen molar-refractivity contribution in [3.8, 4) is 0 Å². The highest BCUT2D eigenvalue weighted by Crippen LogP contribution is 2.39. The van der Waals surface area contributed by atoms with E-state index < -0.39 is 0 Å². The second kappa shape index (κ2) is 3.37. The lowest BCUT2D eigenvalue weighted by atomic mass is 9.97. The summed E-state index contributed by atoms with van der Waals surface area (Å²) in [5, 5.41) is 2.04. The predicted molar refractivity (Wildman–Crippen MR) is 56.4 cm³/mol. The molecule has 0 amide bonds. The summed E-state index contributed by atoms with van der Waals surface area (Å²) in [6, 6.07) is 10.3. The normalized spacial score (nSPS) is 26.2. The van der Waals surface area contributed by atoms with Gasteiger partial charge in [0.1, 0.15) is 0 Å². The molecule has 1 aliphatic rings. The molecule has 1 aromatic carbocycles. The van der Waals surface area contributed by atoms with E-state index in [1.807, 2.05) is 23.3 Å². The smallest absolute Gasteiger partial charge is 0.179 e. The summed E-state index contributed by atoms with van der Waals surface area (Å²) in [7, 11) is 0. The van der Waals surface area contributed by atoms with E-state index in [2.05, 4.69) is 32.9 Å². The van der Waals surface area contributed by atoms with Gasteiger partial charge in [-0.3, -0.25) is 4.84 Å². The van der Waals surface area contributed by atoms with Gasteiger partial charge in [0.2, 0.25) is 0 Å². The van der Waals surface area contributed by atoms with Crippen LogP contribution in [0.15, 0.2) is 30.3 Å². The Labute approximate surface area is 85.4 Å². The third-order valence-corrected chi connectivity index (χ3v) is 2.17. The third-order valence-electron chi connectivity index (χ3n) is 2.17. The van der Waals surface area contributed by atoms with Crippen LogP contribution in [0.25, 0.3) is 0 Å². The van der Waals surface area contributed by atoms with E-state index in [1.165, 1.54) is 5.56 Å². The first kappa shape index (κ1) is 9.69. The molecule has 1 fully saturated rings. The summed E-state index contributed by atoms with van der Waals surface area (Å²) in [6.45, 7) is 7.64. The van der Waals surface area contributed by atoms with Crippen molar-refractivity contribution in [2.24, 2.45) is 5.41 Å². The van der Waals surface area contributed by atoms with Gasteiger partial charge in [0.25, 0.3) is 0 Å². The van der Waals surface area contributed by atoms with Crippen molar-refractivity contribution in [1.29, 1.82) is 0 Å². The zero-order valence-corrected chi connectivity index (χ0v) is 9.03. The van der Waals surface area contributed by atoms with Crippen molar-refractivity contribution >= 4 is 0 Å². The van der Waals surface area contributed by atoms with Crippen LogP contribution in [0.1, 0.15) is 32.6 Å². The number of hydroxylamine groups is 2. The van der Waals surface area contributed by atoms with Crippen LogP contribution in [-0.2, 0) is 4.84 Å². The highest BCUT2D eigenvalue weighted by Gasteiger charge is 2.39. The Hall–Kier alpha value is -0.860. The van der Waals surface area contributed by atoms with E-state index in [1.54, 1.807) is 0 Å². The van der Waals surface area contributed by atoms with E-state index in [4.69, 9.17) is 4.84 Å². The van der Waals surface area contributed by atoms with Crippen LogP contribution < -0.4 is 0 Å². The van der Waals surface area contributed by atoms with Gasteiger partial charge in [0, 0.05) is 6.54 Å². The number of hydrogen-bond donors (Lipinski definition) is 0. The monoisotopic (exact) mass is 191 g/mol. The van der Waals surface area contributed by atoms with Gasteiger partial charge in [0.15, 0.2) is 6.23 Å². The fourth-order valence-corrected chi connectivity index (χ4v) is 1.53. The molecule has 1 saturated heterocycles. The molecule has 76 valence electrons. The Morgan fingerprint density at radius 2 is 1.86 bits per heavy atom. The predicted octanol–water partition coefficient (Wildman–Crippen LogP) is 2.98. The van der Waals surface area contributed by atoms with Gasteiger partial charge in [-0.2, -0.15) is 5.06 Å². The van der Waals surface area contributed by atoms with Crippen LogP contribution in [0, 0.1) is 5.41 Å². The molecule has 2 rings (SSSR count). The second-order valence-electron chi connectivity index (χ2n) is 5.00. The average molecular weight is 191 g/mol. The first-order valence-electron chi connectivity index (χ1n) is 5.05. The zero-order valence-electron chi connectivity index (χ0n) is 9.03. The first-order valence-corrected chi connectivity index (χ1v) is 5.05. The lowest BCUT2D eigenvalue weighted by Crippen LogP contribution is -2.18. The standard InChI is InChI=1S/C12H17NO/c1-12(2,3)9-13-11(14-13)10-7-5-4-6-8-10/h4-8,11H,9H2,1-3H3. The first-order chi connectivity index (χ1) is 6.56. The Morgan fingerprint density at radius 1 is 1.21 bits per heavy atom. The van der Waals surface area contributed by atoms with E-state index in [0.29, 0.717) is 5.41 Å². The molecule has 0 radical (unpaired) electrons. The van der Waals surface area contributed by atoms with Crippen molar-refractivity contribution in [1.82, 2.24) is 5.06 Å². The average Bonchev–Trinajstić information content (AvgIpc) is 2.82. The molecule has 1 heterocycles. The molecule has 0 aliphatic carbocycles. The molecule has 2 nitrogen and oxygen atoms in total. The molecule has 0 bridgehead atoms. The Morgan fingerprint density at radius 3 is 2.43 bits per heavy atom. The van der Waals surface area contributed by atoms with E-state index in [9.17, 15) is 0 Å². The summed E-state index contributed by atoms with van der Waals surface area (Å²) in [6.07, 6.45) is 0.190. The fraction of sp³-hybridized carbons (Fsp3) is 0.500. The molecule has 2 heteroatoms. The largest absolute Gasteiger partial charge is 0.270 e. The molecule has 0 spiro atoms. The second-order valence-corrected chi connectivity index (χ2v) is 5.00. The minimum atomic E-state index is 0.190. The van der Waals surface area contributed by atoms with Gasteiger partial charge in [0.05, 0.1) is 0 Å². The van der Waals surface area contributed by atoms with E-state index >= 15 is 0 Å². The van der Waals surface area contributed by atoms with Gasteiger partial charge in [-0.05, 0) is 11.0 Å². The lowest BCUT2D eigenvalue weighted by Gasteiger charge is -2.16. The van der Waals surface area contributed by atoms with Crippen molar-refractivity contribution in [3.05, 3.63) is 35.9 Å². The number of rotatable bonds is 2. The van der Waals surface area contributed by atoms with Gasteiger partial charge in [-0.15, -0.1) is 0 Å². The van der Waals surface area contributed by atoms with Gasteiger partial charge in [-0.25, -0.2) is 0 Å². The molecular weight excluding hydrogens is 174 g/mol. The molecule has 1 aliphatic heterocycles. The Kier molecular flexibility index (Phi) is 2.33. The Bertz CT molecular complexity index is 302. The minimum absolute atomic E-state index is 0.190. The quantitative estimate of drug-likeness (QED) is 0.668. The third kappa shape index (κ3) is 2.34. The molecule has 2 atom stereocenters. The summed E-state index contributed by atoms with van der Waals surface area (Å²) in [5.74, 6) is 0. The minimum Gasteiger partial charge on any atom is -0.270 e. The van der Waals surface area contributed by atoms with Crippen LogP contribution in [0.5, 0.6) is 0 Å². The maximum absolute atomic E-state index is 5.51. The van der Waals surface area contributed by atoms with Crippen LogP contribution in [0.2, 0.25) is 0 Å². The molecule has 0 aromatic heterocycles. The summed E-state index contributed by atoms with van der Waals surface area (Å²) in [4.78, 5) is 5.51.